The lowest BCUT2D eigenvalue weighted by Gasteiger charge is -2.06. The minimum Gasteiger partial charge on any atom is -0.512 e. The second kappa shape index (κ2) is 7.84. The lowest BCUT2D eigenvalue weighted by atomic mass is 10.0. The highest BCUT2D eigenvalue weighted by molar-refractivity contribution is 6.02. The number of allylic oxidation sites excluding steroid dienone is 8. The van der Waals surface area contributed by atoms with Crippen LogP contribution in [0.15, 0.2) is 77.8 Å². The van der Waals surface area contributed by atoms with E-state index >= 15 is 0 Å². The largest absolute Gasteiger partial charge is 0.512 e. The van der Waals surface area contributed by atoms with Crippen molar-refractivity contribution < 1.29 is 20.1 Å². The molecular weight excluding hydrogens is 292 g/mol. The van der Waals surface area contributed by atoms with Crippen LogP contribution in [-0.2, 0) is 4.79 Å². The summed E-state index contributed by atoms with van der Waals surface area (Å²) in [6.45, 7) is 0. The Morgan fingerprint density at radius 2 is 1.70 bits per heavy atom. The van der Waals surface area contributed by atoms with E-state index in [0.29, 0.717) is 18.6 Å². The van der Waals surface area contributed by atoms with E-state index in [9.17, 15) is 20.1 Å². The maximum absolute atomic E-state index is 11.7. The van der Waals surface area contributed by atoms with Crippen molar-refractivity contribution >= 4 is 11.9 Å². The van der Waals surface area contributed by atoms with Gasteiger partial charge in [0.2, 0.25) is 0 Å². The molecule has 1 aromatic carbocycles. The summed E-state index contributed by atoms with van der Waals surface area (Å²) in [6, 6.07) is 6.43. The van der Waals surface area contributed by atoms with Crippen molar-refractivity contribution in [3.05, 3.63) is 83.4 Å². The molecule has 0 amide bonds. The van der Waals surface area contributed by atoms with E-state index in [-0.39, 0.29) is 17.3 Å². The number of carbonyl (C=O) groups is 1. The predicted molar refractivity (Wildman–Crippen MR) is 90.0 cm³/mol. The first kappa shape index (κ1) is 16.4. The van der Waals surface area contributed by atoms with Crippen LogP contribution in [0.4, 0.5) is 0 Å². The smallest absolute Gasteiger partial charge is 0.182 e. The normalized spacial score (nSPS) is 15.7. The van der Waals surface area contributed by atoms with Crippen molar-refractivity contribution in [3.63, 3.8) is 0 Å². The average Bonchev–Trinajstić information content (AvgIpc) is 2.54. The number of aromatic hydroxyl groups is 1. The molecule has 0 unspecified atom stereocenters. The van der Waals surface area contributed by atoms with E-state index in [2.05, 4.69) is 0 Å². The van der Waals surface area contributed by atoms with Gasteiger partial charge in [-0.3, -0.25) is 4.79 Å². The number of aliphatic hydroxyl groups is 2. The quantitative estimate of drug-likeness (QED) is 0.434. The minimum atomic E-state index is -0.338. The lowest BCUT2D eigenvalue weighted by Crippen LogP contribution is -1.91. The monoisotopic (exact) mass is 310 g/mol. The molecule has 2 rings (SSSR count). The Balaban J connectivity index is 1.94. The third kappa shape index (κ3) is 5.71. The number of carbonyl (C=O) groups excluding carboxylic acids is 1. The summed E-state index contributed by atoms with van der Waals surface area (Å²) in [4.78, 5) is 11.7. The third-order valence-corrected chi connectivity index (χ3v) is 3.25. The third-order valence-electron chi connectivity index (χ3n) is 3.25. The molecule has 0 spiro atoms. The summed E-state index contributed by atoms with van der Waals surface area (Å²) in [7, 11) is 0. The molecule has 0 aliphatic heterocycles. The first-order valence-electron chi connectivity index (χ1n) is 7.21. The van der Waals surface area contributed by atoms with Gasteiger partial charge in [-0.1, -0.05) is 30.4 Å². The Bertz CT molecular complexity index is 716. The summed E-state index contributed by atoms with van der Waals surface area (Å²) in [5.41, 5.74) is 1.74. The minimum absolute atomic E-state index is 0.134. The Labute approximate surface area is 134 Å². The molecule has 1 aliphatic rings. The number of hydrogen-bond donors (Lipinski definition) is 3. The first-order chi connectivity index (χ1) is 11.0. The highest BCUT2D eigenvalue weighted by atomic mass is 16.3. The van der Waals surface area contributed by atoms with Gasteiger partial charge < -0.3 is 15.3 Å². The Kier molecular flexibility index (Phi) is 5.58. The molecular formula is C19H18O4. The maximum Gasteiger partial charge on any atom is 0.182 e. The van der Waals surface area contributed by atoms with Crippen LogP contribution < -0.4 is 0 Å². The molecule has 0 fully saturated rings. The van der Waals surface area contributed by atoms with Gasteiger partial charge in [0.15, 0.2) is 5.78 Å². The molecule has 1 aromatic rings. The molecule has 0 saturated carbocycles. The standard InChI is InChI=1S/C19H18O4/c20-16-7-1-14(2-8-16)5-11-18(22)13-19(23)12-6-15-3-9-17(21)10-4-15/h1-3,5-9,11-13,20-21,23H,4,10H2/b11-5+,12-6+,19-13?. The van der Waals surface area contributed by atoms with Gasteiger partial charge in [0.1, 0.15) is 11.5 Å². The number of benzene rings is 1. The molecule has 23 heavy (non-hydrogen) atoms. The Morgan fingerprint density at radius 1 is 0.957 bits per heavy atom. The zero-order valence-electron chi connectivity index (χ0n) is 12.5. The van der Waals surface area contributed by atoms with E-state index < -0.39 is 0 Å². The van der Waals surface area contributed by atoms with Crippen molar-refractivity contribution in [2.24, 2.45) is 0 Å². The van der Waals surface area contributed by atoms with E-state index in [1.807, 2.05) is 0 Å². The number of rotatable bonds is 5. The van der Waals surface area contributed by atoms with Crippen molar-refractivity contribution in [2.75, 3.05) is 0 Å². The van der Waals surface area contributed by atoms with Crippen LogP contribution in [0.25, 0.3) is 6.08 Å². The fourth-order valence-electron chi connectivity index (χ4n) is 1.98. The summed E-state index contributed by atoms with van der Waals surface area (Å²) >= 11 is 0. The van der Waals surface area contributed by atoms with Gasteiger partial charge in [-0.15, -0.1) is 0 Å². The van der Waals surface area contributed by atoms with Crippen LogP contribution in [-0.4, -0.2) is 21.1 Å². The van der Waals surface area contributed by atoms with Gasteiger partial charge in [-0.2, -0.15) is 0 Å². The molecule has 0 radical (unpaired) electrons. The maximum atomic E-state index is 11.7. The topological polar surface area (TPSA) is 77.8 Å². The van der Waals surface area contributed by atoms with E-state index in [0.717, 1.165) is 17.2 Å². The highest BCUT2D eigenvalue weighted by Gasteiger charge is 2.02. The number of ketones is 1. The Morgan fingerprint density at radius 3 is 2.35 bits per heavy atom. The summed E-state index contributed by atoms with van der Waals surface area (Å²) in [6.07, 6.45) is 11.9. The Hall–Kier alpha value is -3.01. The first-order valence-corrected chi connectivity index (χ1v) is 7.21. The fraction of sp³-hybridized carbons (Fsp3) is 0.105. The number of phenolic OH excluding ortho intramolecular Hbond substituents is 1. The van der Waals surface area contributed by atoms with Gasteiger partial charge >= 0.3 is 0 Å². The molecule has 0 saturated heterocycles. The number of phenols is 1. The molecule has 0 atom stereocenters. The van der Waals surface area contributed by atoms with E-state index in [1.165, 1.54) is 24.3 Å². The molecule has 0 heterocycles. The van der Waals surface area contributed by atoms with Crippen LogP contribution in [0.1, 0.15) is 18.4 Å². The summed E-state index contributed by atoms with van der Waals surface area (Å²) in [5, 5.41) is 28.2. The van der Waals surface area contributed by atoms with Crippen molar-refractivity contribution in [1.29, 1.82) is 0 Å². The van der Waals surface area contributed by atoms with Gasteiger partial charge in [-0.25, -0.2) is 0 Å². The molecule has 118 valence electrons. The molecule has 1 aliphatic carbocycles. The second-order valence-electron chi connectivity index (χ2n) is 5.13. The SMILES string of the molecule is O=C(C=C(O)/C=C/C1=CC=C(O)CC1)/C=C/c1ccc(O)cc1. The second-order valence-corrected chi connectivity index (χ2v) is 5.13. The van der Waals surface area contributed by atoms with Crippen LogP contribution in [0.3, 0.4) is 0 Å². The highest BCUT2D eigenvalue weighted by Crippen LogP contribution is 2.17. The zero-order valence-corrected chi connectivity index (χ0v) is 12.5. The van der Waals surface area contributed by atoms with Gasteiger partial charge in [0, 0.05) is 12.5 Å². The van der Waals surface area contributed by atoms with Crippen molar-refractivity contribution in [1.82, 2.24) is 0 Å². The van der Waals surface area contributed by atoms with Crippen LogP contribution in [0.5, 0.6) is 5.75 Å². The zero-order chi connectivity index (χ0) is 16.7. The fourth-order valence-corrected chi connectivity index (χ4v) is 1.98. The number of hydrogen-bond acceptors (Lipinski definition) is 4. The van der Waals surface area contributed by atoms with Crippen molar-refractivity contribution in [2.45, 2.75) is 12.8 Å². The van der Waals surface area contributed by atoms with Crippen molar-refractivity contribution in [3.8, 4) is 5.75 Å². The van der Waals surface area contributed by atoms with Crippen LogP contribution in [0.2, 0.25) is 0 Å². The lowest BCUT2D eigenvalue weighted by molar-refractivity contribution is -0.110. The van der Waals surface area contributed by atoms with E-state index in [1.54, 1.807) is 36.4 Å². The van der Waals surface area contributed by atoms with Crippen LogP contribution in [0, 0.1) is 0 Å². The van der Waals surface area contributed by atoms with Gasteiger partial charge in [-0.05, 0) is 47.9 Å². The molecule has 0 aromatic heterocycles. The number of aliphatic hydroxyl groups excluding tert-OH is 2. The summed E-state index contributed by atoms with van der Waals surface area (Å²) < 4.78 is 0. The van der Waals surface area contributed by atoms with E-state index in [4.69, 9.17) is 0 Å². The molecule has 4 heteroatoms. The summed E-state index contributed by atoms with van der Waals surface area (Å²) in [5.74, 6) is 0.0354. The predicted octanol–water partition coefficient (Wildman–Crippen LogP) is 4.13. The van der Waals surface area contributed by atoms with Gasteiger partial charge in [0.05, 0.1) is 5.76 Å². The molecule has 3 N–H and O–H groups in total. The van der Waals surface area contributed by atoms with Crippen LogP contribution >= 0.6 is 0 Å². The molecule has 0 bridgehead atoms. The molecule has 4 nitrogen and oxygen atoms in total. The van der Waals surface area contributed by atoms with Gasteiger partial charge in [0.25, 0.3) is 0 Å². The average molecular weight is 310 g/mol.